The van der Waals surface area contributed by atoms with E-state index in [9.17, 15) is 22.8 Å². The zero-order valence-corrected chi connectivity index (χ0v) is 20.0. The number of aryl methyl sites for hydroxylation is 2. The lowest BCUT2D eigenvalue weighted by Gasteiger charge is -2.36. The van der Waals surface area contributed by atoms with Gasteiger partial charge in [0.1, 0.15) is 0 Å². The van der Waals surface area contributed by atoms with Crippen LogP contribution in [-0.2, 0) is 35.0 Å². The van der Waals surface area contributed by atoms with E-state index < -0.39 is 17.7 Å². The van der Waals surface area contributed by atoms with Gasteiger partial charge in [-0.1, -0.05) is 13.0 Å². The number of hydrogen-bond acceptors (Lipinski definition) is 5. The number of nitrogens with zero attached hydrogens (tertiary/aromatic N) is 2. The Morgan fingerprint density at radius 1 is 1.29 bits per heavy atom. The van der Waals surface area contributed by atoms with E-state index in [0.29, 0.717) is 51.1 Å². The van der Waals surface area contributed by atoms with Gasteiger partial charge >= 0.3 is 12.1 Å². The summed E-state index contributed by atoms with van der Waals surface area (Å²) in [6.45, 7) is 5.58. The van der Waals surface area contributed by atoms with Crippen molar-refractivity contribution in [2.75, 3.05) is 26.4 Å². The highest BCUT2D eigenvalue weighted by Gasteiger charge is 2.39. The molecule has 2 aliphatic rings. The van der Waals surface area contributed by atoms with Crippen LogP contribution in [0.15, 0.2) is 18.2 Å². The molecule has 1 amide bonds. The molecule has 1 N–H and O–H groups in total. The van der Waals surface area contributed by atoms with Crippen molar-refractivity contribution in [2.24, 2.45) is 5.41 Å². The van der Waals surface area contributed by atoms with Crippen LogP contribution in [0.25, 0.3) is 0 Å². The number of halogens is 3. The summed E-state index contributed by atoms with van der Waals surface area (Å²) in [7, 11) is 0. The maximum atomic E-state index is 13.1. The molecule has 190 valence electrons. The lowest BCUT2D eigenvalue weighted by Crippen LogP contribution is -2.40. The van der Waals surface area contributed by atoms with Gasteiger partial charge in [0.05, 0.1) is 34.7 Å². The van der Waals surface area contributed by atoms with Gasteiger partial charge in [-0.15, -0.1) is 0 Å². The van der Waals surface area contributed by atoms with E-state index in [2.05, 4.69) is 10.4 Å². The number of hydrogen-bond donors (Lipinski definition) is 1. The smallest absolute Gasteiger partial charge is 0.416 e. The number of carbonyl (C=O) groups is 2. The number of rotatable bonds is 6. The molecule has 0 radical (unpaired) electrons. The Morgan fingerprint density at radius 3 is 2.71 bits per heavy atom. The lowest BCUT2D eigenvalue weighted by atomic mass is 9.76. The summed E-state index contributed by atoms with van der Waals surface area (Å²) in [6, 6.07) is 3.48. The number of amides is 1. The van der Waals surface area contributed by atoms with Crippen molar-refractivity contribution in [3.63, 3.8) is 0 Å². The fourth-order valence-electron chi connectivity index (χ4n) is 4.98. The summed E-state index contributed by atoms with van der Waals surface area (Å²) in [5.74, 6) is -0.902. The Balaban J connectivity index is 1.45. The lowest BCUT2D eigenvalue weighted by molar-refractivity contribution is -0.138. The fourth-order valence-corrected chi connectivity index (χ4v) is 4.98. The van der Waals surface area contributed by atoms with Crippen LogP contribution in [0.4, 0.5) is 13.2 Å². The van der Waals surface area contributed by atoms with Gasteiger partial charge < -0.3 is 14.8 Å². The molecule has 35 heavy (non-hydrogen) atoms. The van der Waals surface area contributed by atoms with E-state index in [1.807, 2.05) is 11.6 Å². The molecule has 0 bridgehead atoms. The van der Waals surface area contributed by atoms with Crippen LogP contribution in [0.2, 0.25) is 0 Å². The fraction of sp³-hybridized carbons (Fsp3) is 0.560. The number of carbonyl (C=O) groups excluding carboxylic acids is 2. The van der Waals surface area contributed by atoms with E-state index in [1.54, 1.807) is 0 Å². The zero-order valence-electron chi connectivity index (χ0n) is 20.0. The number of esters is 1. The minimum atomic E-state index is -4.54. The first kappa shape index (κ1) is 25.2. The summed E-state index contributed by atoms with van der Waals surface area (Å²) >= 11 is 0. The maximum absolute atomic E-state index is 13.1. The standard InChI is InChI=1S/C25H30F3N3O4/c1-3-19-21-20(14-24(15-29-22(21)32)8-12-34-13-9-24)31(30-19)10-5-11-35-23(33)17-6-4-7-18(16(17)2)25(26,27)28/h4,6-7H,3,5,8-15H2,1-2H3,(H,29,32). The molecular weight excluding hydrogens is 463 g/mol. The molecule has 4 rings (SSSR count). The monoisotopic (exact) mass is 493 g/mol. The van der Waals surface area contributed by atoms with Crippen LogP contribution < -0.4 is 5.32 Å². The van der Waals surface area contributed by atoms with Gasteiger partial charge in [0.15, 0.2) is 0 Å². The minimum absolute atomic E-state index is 0.0236. The van der Waals surface area contributed by atoms with Crippen LogP contribution in [-0.4, -0.2) is 48.0 Å². The van der Waals surface area contributed by atoms with Crippen LogP contribution >= 0.6 is 0 Å². The van der Waals surface area contributed by atoms with Gasteiger partial charge in [0.2, 0.25) is 0 Å². The first-order valence-corrected chi connectivity index (χ1v) is 11.9. The van der Waals surface area contributed by atoms with Crippen LogP contribution in [0.5, 0.6) is 0 Å². The number of alkyl halides is 3. The second-order valence-corrected chi connectivity index (χ2v) is 9.28. The average molecular weight is 494 g/mol. The maximum Gasteiger partial charge on any atom is 0.416 e. The normalized spacial score (nSPS) is 17.6. The third kappa shape index (κ3) is 5.22. The van der Waals surface area contributed by atoms with Crippen LogP contribution in [0, 0.1) is 12.3 Å². The number of fused-ring (bicyclic) bond motifs is 1. The third-order valence-electron chi connectivity index (χ3n) is 7.02. The van der Waals surface area contributed by atoms with Crippen molar-refractivity contribution >= 4 is 11.9 Å². The molecule has 1 saturated heterocycles. The van der Waals surface area contributed by atoms with Crippen molar-refractivity contribution in [1.82, 2.24) is 15.1 Å². The Bertz CT molecular complexity index is 1100. The summed E-state index contributed by atoms with van der Waals surface area (Å²) in [4.78, 5) is 25.3. The molecular formula is C25H30F3N3O4. The second-order valence-electron chi connectivity index (χ2n) is 9.28. The largest absolute Gasteiger partial charge is 0.462 e. The first-order chi connectivity index (χ1) is 16.6. The number of ether oxygens (including phenoxy) is 2. The van der Waals surface area contributed by atoms with Crippen LogP contribution in [0.3, 0.4) is 0 Å². The number of aromatic nitrogens is 2. The summed E-state index contributed by atoms with van der Waals surface area (Å²) in [5.41, 5.74) is 1.08. The van der Waals surface area contributed by atoms with Gasteiger partial charge in [-0.3, -0.25) is 9.48 Å². The van der Waals surface area contributed by atoms with E-state index in [1.165, 1.54) is 19.1 Å². The molecule has 2 aromatic rings. The molecule has 2 aliphatic heterocycles. The first-order valence-electron chi connectivity index (χ1n) is 11.9. The molecule has 1 aromatic heterocycles. The molecule has 0 unspecified atom stereocenters. The van der Waals surface area contributed by atoms with Crippen molar-refractivity contribution < 1.29 is 32.2 Å². The molecule has 0 atom stereocenters. The summed E-state index contributed by atoms with van der Waals surface area (Å²) in [5, 5.41) is 7.74. The number of benzene rings is 1. The molecule has 1 aromatic carbocycles. The Labute approximate surface area is 202 Å². The molecule has 0 saturated carbocycles. The molecule has 10 heteroatoms. The quantitative estimate of drug-likeness (QED) is 0.484. The average Bonchev–Trinajstić information content (AvgIpc) is 3.10. The van der Waals surface area contributed by atoms with Gasteiger partial charge in [-0.05, 0) is 55.7 Å². The van der Waals surface area contributed by atoms with Gasteiger partial charge in [-0.2, -0.15) is 18.3 Å². The summed E-state index contributed by atoms with van der Waals surface area (Å²) in [6.07, 6.45) is -1.09. The minimum Gasteiger partial charge on any atom is -0.462 e. The highest BCUT2D eigenvalue weighted by Crippen LogP contribution is 2.37. The van der Waals surface area contributed by atoms with Crippen LogP contribution in [0.1, 0.15) is 69.4 Å². The Kier molecular flexibility index (Phi) is 7.21. The van der Waals surface area contributed by atoms with Gasteiger partial charge in [0, 0.05) is 32.7 Å². The van der Waals surface area contributed by atoms with Gasteiger partial charge in [0.25, 0.3) is 5.91 Å². The zero-order chi connectivity index (χ0) is 25.2. The molecule has 0 aliphatic carbocycles. The molecule has 7 nitrogen and oxygen atoms in total. The van der Waals surface area contributed by atoms with Crippen molar-refractivity contribution in [1.29, 1.82) is 0 Å². The highest BCUT2D eigenvalue weighted by molar-refractivity contribution is 5.97. The Morgan fingerprint density at radius 2 is 2.03 bits per heavy atom. The van der Waals surface area contributed by atoms with E-state index in [4.69, 9.17) is 9.47 Å². The van der Waals surface area contributed by atoms with E-state index in [0.717, 1.165) is 30.3 Å². The molecule has 1 fully saturated rings. The Hall–Kier alpha value is -2.88. The molecule has 3 heterocycles. The summed E-state index contributed by atoms with van der Waals surface area (Å²) < 4.78 is 52.1. The number of nitrogens with one attached hydrogen (secondary N) is 1. The second kappa shape index (κ2) is 10.0. The molecule has 1 spiro atoms. The van der Waals surface area contributed by atoms with Crippen molar-refractivity contribution in [3.8, 4) is 0 Å². The van der Waals surface area contributed by atoms with Crippen molar-refractivity contribution in [2.45, 2.75) is 58.7 Å². The third-order valence-corrected chi connectivity index (χ3v) is 7.02. The predicted molar refractivity (Wildman–Crippen MR) is 121 cm³/mol. The van der Waals surface area contributed by atoms with E-state index in [-0.39, 0.29) is 29.1 Å². The highest BCUT2D eigenvalue weighted by atomic mass is 19.4. The van der Waals surface area contributed by atoms with Gasteiger partial charge in [-0.25, -0.2) is 4.79 Å². The topological polar surface area (TPSA) is 82.5 Å². The van der Waals surface area contributed by atoms with E-state index >= 15 is 0 Å². The van der Waals surface area contributed by atoms with Crippen molar-refractivity contribution in [3.05, 3.63) is 51.8 Å². The predicted octanol–water partition coefficient (Wildman–Crippen LogP) is 4.10. The SMILES string of the molecule is CCc1nn(CCCOC(=O)c2cccc(C(F)(F)F)c2C)c2c1C(=O)NCC1(CCOCC1)C2.